The first kappa shape index (κ1) is 17.1. The standard InChI is InChI=1S/C15H12F3N5OS/c1-2-20-14(24)23-10(5-7-21-23)11-12(15(16,17)18)22-13(25-11)9-4-3-6-19-8-9/h3-8H,2H2,1H3,(H,20,24). The number of aromatic nitrogens is 4. The van der Waals surface area contributed by atoms with Gasteiger partial charge >= 0.3 is 12.2 Å². The third kappa shape index (κ3) is 3.38. The van der Waals surface area contributed by atoms with Crippen LogP contribution in [0.5, 0.6) is 0 Å². The number of rotatable bonds is 3. The molecule has 6 nitrogen and oxygen atoms in total. The molecule has 1 amide bonds. The smallest absolute Gasteiger partial charge is 0.336 e. The van der Waals surface area contributed by atoms with Gasteiger partial charge in [-0.1, -0.05) is 0 Å². The Bertz CT molecular complexity index is 888. The molecule has 0 aromatic carbocycles. The van der Waals surface area contributed by atoms with Crippen molar-refractivity contribution in [2.45, 2.75) is 13.1 Å². The van der Waals surface area contributed by atoms with Crippen LogP contribution in [0.2, 0.25) is 0 Å². The fourth-order valence-electron chi connectivity index (χ4n) is 2.16. The highest BCUT2D eigenvalue weighted by Gasteiger charge is 2.39. The van der Waals surface area contributed by atoms with Gasteiger partial charge in [0.1, 0.15) is 5.01 Å². The second-order valence-corrected chi connectivity index (χ2v) is 5.90. The summed E-state index contributed by atoms with van der Waals surface area (Å²) >= 11 is 0.835. The lowest BCUT2D eigenvalue weighted by Gasteiger charge is -2.08. The summed E-state index contributed by atoms with van der Waals surface area (Å²) in [7, 11) is 0. The lowest BCUT2D eigenvalue weighted by Crippen LogP contribution is -2.29. The van der Waals surface area contributed by atoms with Crippen molar-refractivity contribution in [2.75, 3.05) is 6.54 Å². The van der Waals surface area contributed by atoms with Crippen LogP contribution in [0.4, 0.5) is 18.0 Å². The third-order valence-corrected chi connectivity index (χ3v) is 4.33. The first-order valence-corrected chi connectivity index (χ1v) is 8.04. The van der Waals surface area contributed by atoms with E-state index < -0.39 is 17.9 Å². The summed E-state index contributed by atoms with van der Waals surface area (Å²) in [6.45, 7) is 2.03. The zero-order valence-corrected chi connectivity index (χ0v) is 13.7. The van der Waals surface area contributed by atoms with Gasteiger partial charge in [-0.2, -0.15) is 23.0 Å². The zero-order valence-electron chi connectivity index (χ0n) is 12.9. The Kier molecular flexibility index (Phi) is 4.53. The van der Waals surface area contributed by atoms with E-state index in [1.165, 1.54) is 24.7 Å². The number of thiazole rings is 1. The molecular formula is C15H12F3N5OS. The number of carbonyl (C=O) groups excluding carboxylic acids is 1. The van der Waals surface area contributed by atoms with Gasteiger partial charge in [0.15, 0.2) is 5.69 Å². The molecule has 3 aromatic heterocycles. The second kappa shape index (κ2) is 6.63. The molecule has 10 heteroatoms. The molecule has 0 aliphatic rings. The third-order valence-electron chi connectivity index (χ3n) is 3.20. The maximum absolute atomic E-state index is 13.4. The predicted octanol–water partition coefficient (Wildman–Crippen LogP) is 3.67. The zero-order chi connectivity index (χ0) is 18.0. The molecule has 1 N–H and O–H groups in total. The van der Waals surface area contributed by atoms with Crippen LogP contribution in [0.1, 0.15) is 12.6 Å². The summed E-state index contributed by atoms with van der Waals surface area (Å²) in [5, 5.41) is 6.50. The highest BCUT2D eigenvalue weighted by atomic mass is 32.1. The van der Waals surface area contributed by atoms with Crippen molar-refractivity contribution in [1.29, 1.82) is 0 Å². The molecule has 0 bridgehead atoms. The van der Waals surface area contributed by atoms with Gasteiger partial charge in [0.2, 0.25) is 0 Å². The lowest BCUT2D eigenvalue weighted by molar-refractivity contribution is -0.140. The molecular weight excluding hydrogens is 355 g/mol. The maximum Gasteiger partial charge on any atom is 0.434 e. The van der Waals surface area contributed by atoms with E-state index in [2.05, 4.69) is 20.4 Å². The molecule has 0 radical (unpaired) electrons. The van der Waals surface area contributed by atoms with Gasteiger partial charge in [0.05, 0.1) is 16.8 Å². The van der Waals surface area contributed by atoms with Gasteiger partial charge < -0.3 is 5.32 Å². The number of halogens is 3. The van der Waals surface area contributed by atoms with Crippen molar-refractivity contribution in [3.05, 3.63) is 42.5 Å². The molecule has 0 aliphatic heterocycles. The molecule has 25 heavy (non-hydrogen) atoms. The molecule has 130 valence electrons. The first-order chi connectivity index (χ1) is 11.9. The Labute approximate surface area is 144 Å². The van der Waals surface area contributed by atoms with Gasteiger partial charge in [-0.15, -0.1) is 11.3 Å². The average Bonchev–Trinajstić information content (AvgIpc) is 3.22. The number of nitrogens with one attached hydrogen (secondary N) is 1. The molecule has 0 saturated carbocycles. The molecule has 0 aliphatic carbocycles. The number of alkyl halides is 3. The van der Waals surface area contributed by atoms with E-state index >= 15 is 0 Å². The van der Waals surface area contributed by atoms with Gasteiger partial charge in [0, 0.05) is 24.5 Å². The van der Waals surface area contributed by atoms with E-state index in [1.807, 2.05) is 0 Å². The van der Waals surface area contributed by atoms with Gasteiger partial charge in [-0.25, -0.2) is 9.78 Å². The van der Waals surface area contributed by atoms with E-state index in [4.69, 9.17) is 0 Å². The van der Waals surface area contributed by atoms with Crippen LogP contribution in [0.15, 0.2) is 36.8 Å². The SMILES string of the molecule is CCNC(=O)n1nccc1-c1sc(-c2cccnc2)nc1C(F)(F)F. The average molecular weight is 367 g/mol. The van der Waals surface area contributed by atoms with Crippen molar-refractivity contribution in [3.8, 4) is 21.1 Å². The molecule has 0 saturated heterocycles. The number of carbonyl (C=O) groups is 1. The van der Waals surface area contributed by atoms with Crippen molar-refractivity contribution < 1.29 is 18.0 Å². The lowest BCUT2D eigenvalue weighted by atomic mass is 10.2. The number of amides is 1. The molecule has 0 spiro atoms. The predicted molar refractivity (Wildman–Crippen MR) is 86.0 cm³/mol. The molecule has 3 rings (SSSR count). The normalized spacial score (nSPS) is 11.5. The minimum atomic E-state index is -4.66. The van der Waals surface area contributed by atoms with Crippen molar-refractivity contribution >= 4 is 17.4 Å². The van der Waals surface area contributed by atoms with Crippen molar-refractivity contribution in [3.63, 3.8) is 0 Å². The summed E-state index contributed by atoms with van der Waals surface area (Å²) in [4.78, 5) is 19.5. The van der Waals surface area contributed by atoms with Crippen LogP contribution in [0.3, 0.4) is 0 Å². The molecule has 0 fully saturated rings. The van der Waals surface area contributed by atoms with E-state index in [-0.39, 0.29) is 15.6 Å². The van der Waals surface area contributed by atoms with Crippen LogP contribution in [0, 0.1) is 0 Å². The Morgan fingerprint density at radius 3 is 2.76 bits per heavy atom. The summed E-state index contributed by atoms with van der Waals surface area (Å²) in [5.74, 6) is 0. The van der Waals surface area contributed by atoms with Crippen molar-refractivity contribution in [1.82, 2.24) is 25.1 Å². The molecule has 0 unspecified atom stereocenters. The summed E-state index contributed by atoms with van der Waals surface area (Å²) < 4.78 is 41.2. The van der Waals surface area contributed by atoms with E-state index in [0.717, 1.165) is 16.0 Å². The van der Waals surface area contributed by atoms with Crippen LogP contribution in [0.25, 0.3) is 21.1 Å². The second-order valence-electron chi connectivity index (χ2n) is 4.90. The maximum atomic E-state index is 13.4. The largest absolute Gasteiger partial charge is 0.434 e. The molecule has 3 heterocycles. The fourth-order valence-corrected chi connectivity index (χ4v) is 3.25. The number of hydrogen-bond acceptors (Lipinski definition) is 5. The minimum absolute atomic E-state index is 0.0333. The van der Waals surface area contributed by atoms with Crippen LogP contribution in [-0.2, 0) is 6.18 Å². The Hall–Kier alpha value is -2.75. The Morgan fingerprint density at radius 2 is 2.12 bits per heavy atom. The fraction of sp³-hybridized carbons (Fsp3) is 0.200. The van der Waals surface area contributed by atoms with E-state index in [0.29, 0.717) is 12.1 Å². The van der Waals surface area contributed by atoms with Crippen LogP contribution < -0.4 is 5.32 Å². The van der Waals surface area contributed by atoms with Crippen molar-refractivity contribution in [2.24, 2.45) is 0 Å². The van der Waals surface area contributed by atoms with E-state index in [9.17, 15) is 18.0 Å². The van der Waals surface area contributed by atoms with Gasteiger partial charge in [-0.3, -0.25) is 4.98 Å². The van der Waals surface area contributed by atoms with Crippen LogP contribution >= 0.6 is 11.3 Å². The number of pyridine rings is 1. The highest BCUT2D eigenvalue weighted by Crippen LogP contribution is 2.42. The van der Waals surface area contributed by atoms with Crippen LogP contribution in [-0.4, -0.2) is 32.3 Å². The highest BCUT2D eigenvalue weighted by molar-refractivity contribution is 7.18. The number of hydrogen-bond donors (Lipinski definition) is 1. The van der Waals surface area contributed by atoms with Gasteiger partial charge in [-0.05, 0) is 25.1 Å². The minimum Gasteiger partial charge on any atom is -0.336 e. The summed E-state index contributed by atoms with van der Waals surface area (Å²) in [5.41, 5.74) is -0.554. The van der Waals surface area contributed by atoms with Gasteiger partial charge in [0.25, 0.3) is 0 Å². The Morgan fingerprint density at radius 1 is 1.32 bits per heavy atom. The van der Waals surface area contributed by atoms with E-state index in [1.54, 1.807) is 19.1 Å². The summed E-state index contributed by atoms with van der Waals surface area (Å²) in [6, 6.07) is 3.98. The topological polar surface area (TPSA) is 72.7 Å². The quantitative estimate of drug-likeness (QED) is 0.767. The number of nitrogens with zero attached hydrogens (tertiary/aromatic N) is 4. The Balaban J connectivity index is 2.15. The summed E-state index contributed by atoms with van der Waals surface area (Å²) in [6.07, 6.45) is -0.437. The molecule has 0 atom stereocenters. The first-order valence-electron chi connectivity index (χ1n) is 7.23. The molecule has 3 aromatic rings. The monoisotopic (exact) mass is 367 g/mol.